The van der Waals surface area contributed by atoms with Gasteiger partial charge in [-0.05, 0) is 19.4 Å². The summed E-state index contributed by atoms with van der Waals surface area (Å²) in [6.45, 7) is 3.99. The number of Topliss-reactive ketones (excluding diaryl/α,β-unsaturated/α-hetero) is 2. The van der Waals surface area contributed by atoms with Gasteiger partial charge in [0.05, 0.1) is 12.2 Å². The minimum Gasteiger partial charge on any atom is -0.462 e. The van der Waals surface area contributed by atoms with Crippen molar-refractivity contribution < 1.29 is 19.1 Å². The van der Waals surface area contributed by atoms with E-state index in [2.05, 4.69) is 4.99 Å². The standard InChI is InChI=1S/C19H17NO4S/c1-3-11-9-14(19(23)24-4-2)18(25-11)20-10-15-16(21)12-7-5-6-8-13(12)17(15)22/h5-10,15H,3-4H2,1-2H3/b20-10+. The highest BCUT2D eigenvalue weighted by Gasteiger charge is 2.37. The number of hydrogen-bond donors (Lipinski definition) is 0. The molecule has 0 spiro atoms. The van der Waals surface area contributed by atoms with E-state index in [-0.39, 0.29) is 18.2 Å². The number of ketones is 2. The number of nitrogens with zero attached hydrogens (tertiary/aromatic N) is 1. The molecular weight excluding hydrogens is 338 g/mol. The van der Waals surface area contributed by atoms with Crippen LogP contribution >= 0.6 is 11.3 Å². The van der Waals surface area contributed by atoms with E-state index in [9.17, 15) is 14.4 Å². The fourth-order valence-corrected chi connectivity index (χ4v) is 3.64. The van der Waals surface area contributed by atoms with E-state index in [0.717, 1.165) is 11.3 Å². The molecule has 0 saturated heterocycles. The molecular formula is C19H17NO4S. The molecule has 0 amide bonds. The highest BCUT2D eigenvalue weighted by atomic mass is 32.1. The Labute approximate surface area is 149 Å². The minimum atomic E-state index is -0.931. The van der Waals surface area contributed by atoms with Crippen molar-refractivity contribution in [1.29, 1.82) is 0 Å². The Hall–Kier alpha value is -2.60. The summed E-state index contributed by atoms with van der Waals surface area (Å²) in [7, 11) is 0. The van der Waals surface area contributed by atoms with Gasteiger partial charge in [0.2, 0.25) is 0 Å². The number of aliphatic imine (C=N–C) groups is 1. The van der Waals surface area contributed by atoms with Crippen LogP contribution in [0.2, 0.25) is 0 Å². The van der Waals surface area contributed by atoms with Crippen molar-refractivity contribution in [3.8, 4) is 0 Å². The monoisotopic (exact) mass is 355 g/mol. The fraction of sp³-hybridized carbons (Fsp3) is 0.263. The van der Waals surface area contributed by atoms with Crippen LogP contribution in [0, 0.1) is 5.92 Å². The zero-order valence-corrected chi connectivity index (χ0v) is 14.8. The molecule has 0 aliphatic heterocycles. The van der Waals surface area contributed by atoms with E-state index in [1.165, 1.54) is 17.6 Å². The fourth-order valence-electron chi connectivity index (χ4n) is 2.70. The zero-order chi connectivity index (χ0) is 18.0. The summed E-state index contributed by atoms with van der Waals surface area (Å²) in [5.74, 6) is -1.89. The van der Waals surface area contributed by atoms with Crippen LogP contribution in [0.25, 0.3) is 0 Å². The molecule has 0 N–H and O–H groups in total. The molecule has 3 rings (SSSR count). The topological polar surface area (TPSA) is 72.8 Å². The average Bonchev–Trinajstić information content (AvgIpc) is 3.14. The number of carbonyl (C=O) groups is 3. The quantitative estimate of drug-likeness (QED) is 0.463. The van der Waals surface area contributed by atoms with Gasteiger partial charge in [-0.2, -0.15) is 0 Å². The van der Waals surface area contributed by atoms with Gasteiger partial charge in [0.1, 0.15) is 10.9 Å². The van der Waals surface area contributed by atoms with Gasteiger partial charge >= 0.3 is 5.97 Å². The van der Waals surface area contributed by atoms with Gasteiger partial charge < -0.3 is 4.74 Å². The Morgan fingerprint density at radius 1 is 1.20 bits per heavy atom. The largest absolute Gasteiger partial charge is 0.462 e. The summed E-state index contributed by atoms with van der Waals surface area (Å²) in [6, 6.07) is 8.51. The minimum absolute atomic E-state index is 0.255. The van der Waals surface area contributed by atoms with Gasteiger partial charge in [-0.15, -0.1) is 11.3 Å². The molecule has 1 aliphatic rings. The van der Waals surface area contributed by atoms with E-state index in [1.807, 2.05) is 6.92 Å². The third-order valence-electron chi connectivity index (χ3n) is 3.97. The molecule has 1 aliphatic carbocycles. The summed E-state index contributed by atoms with van der Waals surface area (Å²) >= 11 is 1.36. The van der Waals surface area contributed by atoms with Crippen LogP contribution in [-0.2, 0) is 11.2 Å². The number of ether oxygens (including phenoxy) is 1. The lowest BCUT2D eigenvalue weighted by Gasteiger charge is -2.01. The Balaban J connectivity index is 1.90. The molecule has 0 radical (unpaired) electrons. The highest BCUT2D eigenvalue weighted by Crippen LogP contribution is 2.33. The predicted molar refractivity (Wildman–Crippen MR) is 96.4 cm³/mol. The van der Waals surface area contributed by atoms with Crippen LogP contribution in [0.3, 0.4) is 0 Å². The molecule has 1 aromatic heterocycles. The Morgan fingerprint density at radius 3 is 2.40 bits per heavy atom. The maximum atomic E-state index is 12.4. The van der Waals surface area contributed by atoms with Gasteiger partial charge in [-0.1, -0.05) is 31.2 Å². The van der Waals surface area contributed by atoms with Crippen LogP contribution < -0.4 is 0 Å². The number of esters is 1. The van der Waals surface area contributed by atoms with Crippen LogP contribution in [-0.4, -0.2) is 30.4 Å². The lowest BCUT2D eigenvalue weighted by molar-refractivity contribution is 0.0527. The summed E-state index contributed by atoms with van der Waals surface area (Å²) in [4.78, 5) is 42.2. The Morgan fingerprint density at radius 2 is 1.84 bits per heavy atom. The van der Waals surface area contributed by atoms with Gasteiger partial charge in [0.25, 0.3) is 0 Å². The highest BCUT2D eigenvalue weighted by molar-refractivity contribution is 7.16. The van der Waals surface area contributed by atoms with Crippen molar-refractivity contribution in [3.63, 3.8) is 0 Å². The summed E-state index contributed by atoms with van der Waals surface area (Å²) < 4.78 is 5.05. The second kappa shape index (κ2) is 7.11. The normalized spacial score (nSPS) is 14.3. The van der Waals surface area contributed by atoms with E-state index >= 15 is 0 Å². The first kappa shape index (κ1) is 17.2. The van der Waals surface area contributed by atoms with Gasteiger partial charge in [-0.25, -0.2) is 9.79 Å². The van der Waals surface area contributed by atoms with E-state index < -0.39 is 11.9 Å². The summed E-state index contributed by atoms with van der Waals surface area (Å²) in [6.07, 6.45) is 2.11. The van der Waals surface area contributed by atoms with Crippen molar-refractivity contribution in [2.45, 2.75) is 20.3 Å². The van der Waals surface area contributed by atoms with Crippen molar-refractivity contribution in [1.82, 2.24) is 0 Å². The maximum absolute atomic E-state index is 12.4. The van der Waals surface area contributed by atoms with Gasteiger partial charge in [-0.3, -0.25) is 9.59 Å². The van der Waals surface area contributed by atoms with Crippen molar-refractivity contribution in [2.75, 3.05) is 6.61 Å². The molecule has 0 bridgehead atoms. The average molecular weight is 355 g/mol. The van der Waals surface area contributed by atoms with E-state index in [4.69, 9.17) is 4.74 Å². The van der Waals surface area contributed by atoms with E-state index in [1.54, 1.807) is 37.3 Å². The number of benzene rings is 1. The summed E-state index contributed by atoms with van der Waals surface area (Å²) in [5, 5.41) is 0.465. The third kappa shape index (κ3) is 3.17. The third-order valence-corrected chi connectivity index (χ3v) is 5.16. The predicted octanol–water partition coefficient (Wildman–Crippen LogP) is 3.88. The second-order valence-corrected chi connectivity index (χ2v) is 6.65. The smallest absolute Gasteiger partial charge is 0.341 e. The lowest BCUT2D eigenvalue weighted by Crippen LogP contribution is -2.16. The van der Waals surface area contributed by atoms with Gasteiger partial charge in [0.15, 0.2) is 11.6 Å². The van der Waals surface area contributed by atoms with E-state index in [0.29, 0.717) is 21.7 Å². The van der Waals surface area contributed by atoms with Crippen LogP contribution in [0.4, 0.5) is 5.00 Å². The maximum Gasteiger partial charge on any atom is 0.341 e. The number of aryl methyl sites for hydroxylation is 1. The first-order valence-electron chi connectivity index (χ1n) is 8.08. The number of hydrogen-bond acceptors (Lipinski definition) is 6. The molecule has 0 saturated carbocycles. The molecule has 0 fully saturated rings. The molecule has 128 valence electrons. The first-order valence-corrected chi connectivity index (χ1v) is 8.89. The first-order chi connectivity index (χ1) is 12.1. The number of carbonyl (C=O) groups excluding carboxylic acids is 3. The van der Waals surface area contributed by atoms with Crippen LogP contribution in [0.1, 0.15) is 49.8 Å². The molecule has 0 unspecified atom stereocenters. The molecule has 0 atom stereocenters. The molecule has 25 heavy (non-hydrogen) atoms. The van der Waals surface area contributed by atoms with Crippen molar-refractivity contribution >= 4 is 40.1 Å². The molecule has 6 heteroatoms. The molecule has 2 aromatic rings. The van der Waals surface area contributed by atoms with Gasteiger partial charge in [0, 0.05) is 22.2 Å². The number of fused-ring (bicyclic) bond motifs is 1. The van der Waals surface area contributed by atoms with Crippen LogP contribution in [0.15, 0.2) is 35.3 Å². The number of thiophene rings is 1. The zero-order valence-electron chi connectivity index (χ0n) is 13.9. The Kier molecular flexibility index (Phi) is 4.90. The van der Waals surface area contributed by atoms with Crippen LogP contribution in [0.5, 0.6) is 0 Å². The second-order valence-electron chi connectivity index (χ2n) is 5.54. The molecule has 1 heterocycles. The lowest BCUT2D eigenvalue weighted by atomic mass is 10.1. The van der Waals surface area contributed by atoms with Crippen molar-refractivity contribution in [3.05, 3.63) is 51.9 Å². The Bertz CT molecular complexity index is 846. The molecule has 5 nitrogen and oxygen atoms in total. The molecule has 1 aromatic carbocycles. The summed E-state index contributed by atoms with van der Waals surface area (Å²) in [5.41, 5.74) is 1.22. The number of rotatable bonds is 5. The SMILES string of the molecule is CCOC(=O)c1cc(CC)sc1/N=C/C1C(=O)c2ccccc2C1=O. The van der Waals surface area contributed by atoms with Crippen molar-refractivity contribution in [2.24, 2.45) is 10.9 Å².